The number of hydrogen-bond donors (Lipinski definition) is 1. The maximum absolute atomic E-state index is 13.1. The second kappa shape index (κ2) is 4.37. The third-order valence-electron chi connectivity index (χ3n) is 2.41. The molecule has 0 aliphatic carbocycles. The number of nitrogens with one attached hydrogen (secondary N) is 1. The number of rotatable bonds is 2. The Balaban J connectivity index is 2.57. The molecule has 4 nitrogen and oxygen atoms in total. The van der Waals surface area contributed by atoms with E-state index >= 15 is 0 Å². The number of nitrogens with zero attached hydrogens (tertiary/aromatic N) is 1. The normalized spacial score (nSPS) is 10.3. The first-order chi connectivity index (χ1) is 8.13. The van der Waals surface area contributed by atoms with Crippen molar-refractivity contribution in [2.24, 2.45) is 0 Å². The fourth-order valence-corrected chi connectivity index (χ4v) is 1.60. The van der Waals surface area contributed by atoms with Gasteiger partial charge in [-0.05, 0) is 19.1 Å². The fourth-order valence-electron chi connectivity index (χ4n) is 1.60. The standard InChI is InChI=1S/C12H11FN2O2/c1-7-10(12(16)14-2)11(15-17-7)8-4-3-5-9(13)6-8/h3-6H,1-2H3,(H,14,16). The van der Waals surface area contributed by atoms with Crippen molar-refractivity contribution in [1.82, 2.24) is 10.5 Å². The smallest absolute Gasteiger partial charge is 0.256 e. The molecule has 0 aliphatic heterocycles. The van der Waals surface area contributed by atoms with Gasteiger partial charge in [-0.25, -0.2) is 4.39 Å². The molecule has 88 valence electrons. The van der Waals surface area contributed by atoms with Gasteiger partial charge in [0.2, 0.25) is 0 Å². The molecule has 1 aromatic carbocycles. The Morgan fingerprint density at radius 3 is 2.88 bits per heavy atom. The molecule has 0 aliphatic rings. The van der Waals surface area contributed by atoms with Gasteiger partial charge in [0, 0.05) is 12.6 Å². The van der Waals surface area contributed by atoms with Gasteiger partial charge in [-0.3, -0.25) is 4.79 Å². The Hall–Kier alpha value is -2.17. The topological polar surface area (TPSA) is 55.1 Å². The van der Waals surface area contributed by atoms with E-state index in [1.807, 2.05) is 0 Å². The predicted molar refractivity (Wildman–Crippen MR) is 60.0 cm³/mol. The monoisotopic (exact) mass is 234 g/mol. The number of aromatic nitrogens is 1. The van der Waals surface area contributed by atoms with Crippen molar-refractivity contribution in [3.8, 4) is 11.3 Å². The highest BCUT2D eigenvalue weighted by atomic mass is 19.1. The van der Waals surface area contributed by atoms with Crippen LogP contribution in [-0.2, 0) is 0 Å². The first-order valence-corrected chi connectivity index (χ1v) is 5.07. The Labute approximate surface area is 97.4 Å². The van der Waals surface area contributed by atoms with Crippen LogP contribution in [0.15, 0.2) is 28.8 Å². The highest BCUT2D eigenvalue weighted by Gasteiger charge is 2.20. The molecule has 2 rings (SSSR count). The molecule has 1 N–H and O–H groups in total. The van der Waals surface area contributed by atoms with Crippen molar-refractivity contribution in [3.05, 3.63) is 41.4 Å². The molecule has 0 fully saturated rings. The number of hydrogen-bond acceptors (Lipinski definition) is 3. The quantitative estimate of drug-likeness (QED) is 0.866. The molecule has 0 bridgehead atoms. The summed E-state index contributed by atoms with van der Waals surface area (Å²) in [7, 11) is 1.52. The zero-order chi connectivity index (χ0) is 12.4. The number of aryl methyl sites for hydroxylation is 1. The van der Waals surface area contributed by atoms with Crippen LogP contribution in [0.1, 0.15) is 16.1 Å². The third kappa shape index (κ3) is 2.04. The summed E-state index contributed by atoms with van der Waals surface area (Å²) in [6, 6.07) is 5.87. The lowest BCUT2D eigenvalue weighted by Gasteiger charge is -2.01. The van der Waals surface area contributed by atoms with Crippen molar-refractivity contribution >= 4 is 5.91 Å². The Bertz CT molecular complexity index is 563. The van der Waals surface area contributed by atoms with Crippen molar-refractivity contribution < 1.29 is 13.7 Å². The molecule has 0 unspecified atom stereocenters. The summed E-state index contributed by atoms with van der Waals surface area (Å²) in [5, 5.41) is 6.29. The SMILES string of the molecule is CNC(=O)c1c(-c2cccc(F)c2)noc1C. The number of amides is 1. The van der Waals surface area contributed by atoms with E-state index in [2.05, 4.69) is 10.5 Å². The summed E-state index contributed by atoms with van der Waals surface area (Å²) >= 11 is 0. The average Bonchev–Trinajstić information content (AvgIpc) is 2.70. The summed E-state index contributed by atoms with van der Waals surface area (Å²) in [5.74, 6) is -0.280. The zero-order valence-electron chi connectivity index (χ0n) is 9.45. The molecular weight excluding hydrogens is 223 g/mol. The van der Waals surface area contributed by atoms with Crippen LogP contribution in [0, 0.1) is 12.7 Å². The minimum Gasteiger partial charge on any atom is -0.360 e. The molecule has 0 radical (unpaired) electrons. The molecule has 0 spiro atoms. The number of benzene rings is 1. The summed E-state index contributed by atoms with van der Waals surface area (Å²) in [6.07, 6.45) is 0. The average molecular weight is 234 g/mol. The van der Waals surface area contributed by atoms with Gasteiger partial charge in [-0.15, -0.1) is 0 Å². The van der Waals surface area contributed by atoms with Gasteiger partial charge in [0.25, 0.3) is 5.91 Å². The summed E-state index contributed by atoms with van der Waals surface area (Å²) < 4.78 is 18.1. The van der Waals surface area contributed by atoms with Crippen molar-refractivity contribution in [2.45, 2.75) is 6.92 Å². The van der Waals surface area contributed by atoms with E-state index in [0.717, 1.165) is 0 Å². The summed E-state index contributed by atoms with van der Waals surface area (Å²) in [5.41, 5.74) is 1.19. The summed E-state index contributed by atoms with van der Waals surface area (Å²) in [6.45, 7) is 1.64. The van der Waals surface area contributed by atoms with Crippen LogP contribution in [0.5, 0.6) is 0 Å². The van der Waals surface area contributed by atoms with Crippen LogP contribution >= 0.6 is 0 Å². The van der Waals surface area contributed by atoms with Crippen molar-refractivity contribution in [2.75, 3.05) is 7.05 Å². The lowest BCUT2D eigenvalue weighted by atomic mass is 10.1. The molecule has 0 atom stereocenters. The molecule has 5 heteroatoms. The van der Waals surface area contributed by atoms with Crippen molar-refractivity contribution in [1.29, 1.82) is 0 Å². The van der Waals surface area contributed by atoms with Crippen LogP contribution < -0.4 is 5.32 Å². The summed E-state index contributed by atoms with van der Waals surface area (Å²) in [4.78, 5) is 11.7. The van der Waals surface area contributed by atoms with Crippen LogP contribution in [-0.4, -0.2) is 18.1 Å². The molecule has 0 saturated carbocycles. The van der Waals surface area contributed by atoms with Crippen LogP contribution in [0.3, 0.4) is 0 Å². The molecule has 2 aromatic rings. The maximum atomic E-state index is 13.1. The van der Waals surface area contributed by atoms with E-state index in [1.165, 1.54) is 19.2 Å². The predicted octanol–water partition coefficient (Wildman–Crippen LogP) is 2.15. The zero-order valence-corrected chi connectivity index (χ0v) is 9.45. The van der Waals surface area contributed by atoms with Crippen LogP contribution in [0.4, 0.5) is 4.39 Å². The number of carbonyl (C=O) groups is 1. The van der Waals surface area contributed by atoms with Gasteiger partial charge >= 0.3 is 0 Å². The fraction of sp³-hybridized carbons (Fsp3) is 0.167. The van der Waals surface area contributed by atoms with Gasteiger partial charge in [-0.2, -0.15) is 0 Å². The number of carbonyl (C=O) groups excluding carboxylic acids is 1. The maximum Gasteiger partial charge on any atom is 0.256 e. The first-order valence-electron chi connectivity index (χ1n) is 5.07. The molecule has 1 heterocycles. The van der Waals surface area contributed by atoms with Gasteiger partial charge in [0.05, 0.1) is 0 Å². The van der Waals surface area contributed by atoms with E-state index in [9.17, 15) is 9.18 Å². The second-order valence-corrected chi connectivity index (χ2v) is 3.55. The van der Waals surface area contributed by atoms with E-state index in [-0.39, 0.29) is 11.7 Å². The van der Waals surface area contributed by atoms with Gasteiger partial charge in [0.15, 0.2) is 0 Å². The second-order valence-electron chi connectivity index (χ2n) is 3.55. The van der Waals surface area contributed by atoms with Crippen molar-refractivity contribution in [3.63, 3.8) is 0 Å². The highest BCUT2D eigenvalue weighted by molar-refractivity contribution is 6.00. The number of halogens is 1. The molecule has 17 heavy (non-hydrogen) atoms. The Morgan fingerprint density at radius 1 is 1.47 bits per heavy atom. The Morgan fingerprint density at radius 2 is 2.24 bits per heavy atom. The highest BCUT2D eigenvalue weighted by Crippen LogP contribution is 2.25. The lowest BCUT2D eigenvalue weighted by molar-refractivity contribution is 0.0962. The molecule has 1 aromatic heterocycles. The lowest BCUT2D eigenvalue weighted by Crippen LogP contribution is -2.18. The van der Waals surface area contributed by atoms with E-state index < -0.39 is 0 Å². The minimum absolute atomic E-state index is 0.303. The largest absolute Gasteiger partial charge is 0.360 e. The Kier molecular flexibility index (Phi) is 2.91. The molecule has 1 amide bonds. The molecular formula is C12H11FN2O2. The van der Waals surface area contributed by atoms with Gasteiger partial charge < -0.3 is 9.84 Å². The third-order valence-corrected chi connectivity index (χ3v) is 2.41. The van der Waals surface area contributed by atoms with Gasteiger partial charge in [0.1, 0.15) is 22.8 Å². The van der Waals surface area contributed by atoms with E-state index in [1.54, 1.807) is 19.1 Å². The van der Waals surface area contributed by atoms with E-state index in [0.29, 0.717) is 22.6 Å². The van der Waals surface area contributed by atoms with E-state index in [4.69, 9.17) is 4.52 Å². The van der Waals surface area contributed by atoms with Crippen LogP contribution in [0.2, 0.25) is 0 Å². The van der Waals surface area contributed by atoms with Gasteiger partial charge in [-0.1, -0.05) is 17.3 Å². The first kappa shape index (κ1) is 11.3. The minimum atomic E-state index is -0.383. The van der Waals surface area contributed by atoms with Crippen LogP contribution in [0.25, 0.3) is 11.3 Å². The molecule has 0 saturated heterocycles.